The van der Waals surface area contributed by atoms with Crippen LogP contribution >= 0.6 is 0 Å². The Morgan fingerprint density at radius 1 is 1.18 bits per heavy atom. The van der Waals surface area contributed by atoms with Gasteiger partial charge in [-0.15, -0.1) is 0 Å². The second-order valence-corrected chi connectivity index (χ2v) is 3.12. The third-order valence-electron chi connectivity index (χ3n) is 2.08. The molecule has 0 amide bonds. The van der Waals surface area contributed by atoms with Crippen LogP contribution in [0.1, 0.15) is 52.9 Å². The molecule has 0 atom stereocenters. The Kier molecular flexibility index (Phi) is 6.00. The normalized spacial score (nSPS) is 13.0. The van der Waals surface area contributed by atoms with E-state index >= 15 is 0 Å². The smallest absolute Gasteiger partial charge is 0.00667 e. The zero-order valence-corrected chi connectivity index (χ0v) is 8.11. The van der Waals surface area contributed by atoms with Gasteiger partial charge in [0.05, 0.1) is 0 Å². The predicted molar refractivity (Wildman–Crippen MR) is 51.3 cm³/mol. The first-order valence-corrected chi connectivity index (χ1v) is 4.66. The Bertz CT molecular complexity index is 125. The SMILES string of the molecule is CCCCC/C(C)=C(/N)CC. The second kappa shape index (κ2) is 6.26. The van der Waals surface area contributed by atoms with E-state index in [0.717, 1.165) is 12.1 Å². The Morgan fingerprint density at radius 3 is 2.27 bits per heavy atom. The van der Waals surface area contributed by atoms with Crippen LogP contribution in [0.3, 0.4) is 0 Å². The standard InChI is InChI=1S/C10H21N/c1-4-6-7-8-9(3)10(11)5-2/h4-8,11H2,1-3H3/b10-9+. The molecule has 0 aliphatic heterocycles. The van der Waals surface area contributed by atoms with Crippen LogP contribution in [-0.4, -0.2) is 0 Å². The summed E-state index contributed by atoms with van der Waals surface area (Å²) in [4.78, 5) is 0. The molecule has 0 saturated heterocycles. The van der Waals surface area contributed by atoms with Gasteiger partial charge in [0, 0.05) is 5.70 Å². The summed E-state index contributed by atoms with van der Waals surface area (Å²) in [7, 11) is 0. The Balaban J connectivity index is 3.58. The number of allylic oxidation sites excluding steroid dienone is 2. The fourth-order valence-corrected chi connectivity index (χ4v) is 1.10. The van der Waals surface area contributed by atoms with Crippen molar-refractivity contribution in [2.75, 3.05) is 0 Å². The molecule has 0 bridgehead atoms. The van der Waals surface area contributed by atoms with Gasteiger partial charge in [-0.05, 0) is 26.2 Å². The van der Waals surface area contributed by atoms with Crippen LogP contribution in [0.25, 0.3) is 0 Å². The Hall–Kier alpha value is -0.460. The largest absolute Gasteiger partial charge is 0.402 e. The van der Waals surface area contributed by atoms with E-state index in [9.17, 15) is 0 Å². The number of rotatable bonds is 5. The van der Waals surface area contributed by atoms with E-state index in [1.165, 1.54) is 31.3 Å². The molecule has 1 nitrogen and oxygen atoms in total. The van der Waals surface area contributed by atoms with Gasteiger partial charge in [0.1, 0.15) is 0 Å². The molecule has 0 heterocycles. The van der Waals surface area contributed by atoms with Gasteiger partial charge in [-0.2, -0.15) is 0 Å². The summed E-state index contributed by atoms with van der Waals surface area (Å²) in [5.41, 5.74) is 8.25. The molecule has 0 aromatic rings. The van der Waals surface area contributed by atoms with Crippen molar-refractivity contribution in [3.8, 4) is 0 Å². The highest BCUT2D eigenvalue weighted by atomic mass is 14.6. The van der Waals surface area contributed by atoms with Crippen molar-refractivity contribution in [1.82, 2.24) is 0 Å². The predicted octanol–water partition coefficient (Wildman–Crippen LogP) is 3.21. The van der Waals surface area contributed by atoms with Gasteiger partial charge < -0.3 is 5.73 Å². The Morgan fingerprint density at radius 2 is 1.82 bits per heavy atom. The second-order valence-electron chi connectivity index (χ2n) is 3.12. The van der Waals surface area contributed by atoms with Gasteiger partial charge in [-0.3, -0.25) is 0 Å². The maximum Gasteiger partial charge on any atom is 0.00667 e. The Labute approximate surface area is 70.7 Å². The van der Waals surface area contributed by atoms with Crippen molar-refractivity contribution in [3.63, 3.8) is 0 Å². The first-order valence-electron chi connectivity index (χ1n) is 4.66. The van der Waals surface area contributed by atoms with Crippen LogP contribution in [0.2, 0.25) is 0 Å². The fraction of sp³-hybridized carbons (Fsp3) is 0.800. The van der Waals surface area contributed by atoms with Crippen molar-refractivity contribution in [1.29, 1.82) is 0 Å². The van der Waals surface area contributed by atoms with E-state index in [4.69, 9.17) is 5.73 Å². The molecule has 0 aliphatic carbocycles. The lowest BCUT2D eigenvalue weighted by Gasteiger charge is -2.04. The first-order chi connectivity index (χ1) is 5.22. The summed E-state index contributed by atoms with van der Waals surface area (Å²) in [5, 5.41) is 0. The molecule has 0 fully saturated rings. The van der Waals surface area contributed by atoms with Crippen molar-refractivity contribution >= 4 is 0 Å². The highest BCUT2D eigenvalue weighted by Gasteiger charge is 1.94. The molecule has 2 N–H and O–H groups in total. The summed E-state index contributed by atoms with van der Waals surface area (Å²) in [6, 6.07) is 0. The molecule has 0 unspecified atom stereocenters. The third-order valence-corrected chi connectivity index (χ3v) is 2.08. The lowest BCUT2D eigenvalue weighted by molar-refractivity contribution is 0.706. The lowest BCUT2D eigenvalue weighted by Crippen LogP contribution is -1.99. The van der Waals surface area contributed by atoms with Crippen molar-refractivity contribution in [2.45, 2.75) is 52.9 Å². The zero-order valence-electron chi connectivity index (χ0n) is 8.11. The van der Waals surface area contributed by atoms with Crippen LogP contribution in [0, 0.1) is 0 Å². The van der Waals surface area contributed by atoms with Crippen LogP contribution in [0.15, 0.2) is 11.3 Å². The molecule has 0 aromatic carbocycles. The molecule has 11 heavy (non-hydrogen) atoms. The molecule has 66 valence electrons. The molecule has 0 aromatic heterocycles. The molecule has 1 heteroatoms. The van der Waals surface area contributed by atoms with E-state index < -0.39 is 0 Å². The number of nitrogens with two attached hydrogens (primary N) is 1. The van der Waals surface area contributed by atoms with E-state index in [-0.39, 0.29) is 0 Å². The average molecular weight is 155 g/mol. The van der Waals surface area contributed by atoms with Crippen LogP contribution in [0.5, 0.6) is 0 Å². The zero-order chi connectivity index (χ0) is 8.69. The topological polar surface area (TPSA) is 26.0 Å². The van der Waals surface area contributed by atoms with Crippen molar-refractivity contribution in [3.05, 3.63) is 11.3 Å². The number of unbranched alkanes of at least 4 members (excludes halogenated alkanes) is 2. The summed E-state index contributed by atoms with van der Waals surface area (Å²) in [6.07, 6.45) is 6.10. The van der Waals surface area contributed by atoms with Crippen LogP contribution in [0.4, 0.5) is 0 Å². The number of hydrogen-bond donors (Lipinski definition) is 1. The summed E-state index contributed by atoms with van der Waals surface area (Å²) in [5.74, 6) is 0. The van der Waals surface area contributed by atoms with E-state index in [2.05, 4.69) is 20.8 Å². The molecule has 0 saturated carbocycles. The lowest BCUT2D eigenvalue weighted by atomic mass is 10.1. The minimum Gasteiger partial charge on any atom is -0.402 e. The minimum atomic E-state index is 0.998. The first kappa shape index (κ1) is 10.5. The molecule has 0 aliphatic rings. The molecule has 0 spiro atoms. The summed E-state index contributed by atoms with van der Waals surface area (Å²) in [6.45, 7) is 6.48. The van der Waals surface area contributed by atoms with Crippen LogP contribution < -0.4 is 5.73 Å². The highest BCUT2D eigenvalue weighted by molar-refractivity contribution is 5.07. The van der Waals surface area contributed by atoms with Gasteiger partial charge in [0.25, 0.3) is 0 Å². The monoisotopic (exact) mass is 155 g/mol. The van der Waals surface area contributed by atoms with Gasteiger partial charge in [-0.25, -0.2) is 0 Å². The maximum absolute atomic E-state index is 5.78. The van der Waals surface area contributed by atoms with E-state index in [1.54, 1.807) is 0 Å². The molecular weight excluding hydrogens is 134 g/mol. The van der Waals surface area contributed by atoms with Crippen molar-refractivity contribution < 1.29 is 0 Å². The molecule has 0 rings (SSSR count). The summed E-state index contributed by atoms with van der Waals surface area (Å²) < 4.78 is 0. The minimum absolute atomic E-state index is 0.998. The third kappa shape index (κ3) is 4.88. The van der Waals surface area contributed by atoms with Gasteiger partial charge in [0.2, 0.25) is 0 Å². The van der Waals surface area contributed by atoms with Gasteiger partial charge in [0.15, 0.2) is 0 Å². The van der Waals surface area contributed by atoms with E-state index in [0.29, 0.717) is 0 Å². The average Bonchev–Trinajstić information content (AvgIpc) is 2.03. The molecule has 0 radical (unpaired) electrons. The van der Waals surface area contributed by atoms with Crippen LogP contribution in [-0.2, 0) is 0 Å². The fourth-order valence-electron chi connectivity index (χ4n) is 1.10. The van der Waals surface area contributed by atoms with Gasteiger partial charge in [-0.1, -0.05) is 32.3 Å². The van der Waals surface area contributed by atoms with Gasteiger partial charge >= 0.3 is 0 Å². The molecular formula is C10H21N. The number of hydrogen-bond acceptors (Lipinski definition) is 1. The summed E-state index contributed by atoms with van der Waals surface area (Å²) >= 11 is 0. The highest BCUT2D eigenvalue weighted by Crippen LogP contribution is 2.11. The quantitative estimate of drug-likeness (QED) is 0.606. The van der Waals surface area contributed by atoms with Crippen molar-refractivity contribution in [2.24, 2.45) is 5.73 Å². The maximum atomic E-state index is 5.78. The van der Waals surface area contributed by atoms with E-state index in [1.807, 2.05) is 0 Å².